The molecule has 0 radical (unpaired) electrons. The quantitative estimate of drug-likeness (QED) is 0.888. The number of nitrogens with one attached hydrogen (secondary N) is 2. The Morgan fingerprint density at radius 2 is 1.96 bits per heavy atom. The summed E-state index contributed by atoms with van der Waals surface area (Å²) in [5.74, 6) is 0.459. The lowest BCUT2D eigenvalue weighted by molar-refractivity contribution is -0.120. The summed E-state index contributed by atoms with van der Waals surface area (Å²) in [5.41, 5.74) is 0.0113. The average molecular weight is 319 g/mol. The number of imide groups is 1. The van der Waals surface area contributed by atoms with Crippen molar-refractivity contribution in [1.29, 1.82) is 0 Å². The first-order valence-electron chi connectivity index (χ1n) is 7.03. The van der Waals surface area contributed by atoms with Gasteiger partial charge >= 0.3 is 6.03 Å². The third kappa shape index (κ3) is 5.23. The van der Waals surface area contributed by atoms with Crippen molar-refractivity contribution in [3.63, 3.8) is 0 Å². The van der Waals surface area contributed by atoms with Gasteiger partial charge in [0.05, 0.1) is 18.8 Å². The number of amides is 3. The predicted octanol–water partition coefficient (Wildman–Crippen LogP) is 2.51. The lowest BCUT2D eigenvalue weighted by atomic mass is 10.3. The number of anilines is 1. The van der Waals surface area contributed by atoms with Gasteiger partial charge in [0, 0.05) is 0 Å². The molecule has 0 aliphatic heterocycles. The highest BCUT2D eigenvalue weighted by Crippen LogP contribution is 2.12. The van der Waals surface area contributed by atoms with Crippen LogP contribution in [0.3, 0.4) is 0 Å². The van der Waals surface area contributed by atoms with Gasteiger partial charge in [0.15, 0.2) is 0 Å². The molecule has 1 aromatic heterocycles. The van der Waals surface area contributed by atoms with E-state index in [-0.39, 0.29) is 12.2 Å². The van der Waals surface area contributed by atoms with Crippen LogP contribution >= 0.6 is 0 Å². The first-order valence-corrected chi connectivity index (χ1v) is 7.03. The number of para-hydroxylation sites is 1. The number of urea groups is 1. The average Bonchev–Trinajstić information content (AvgIpc) is 2.86. The molecule has 0 fully saturated rings. The summed E-state index contributed by atoms with van der Waals surface area (Å²) >= 11 is 0. The number of hydrogen-bond donors (Lipinski definition) is 2. The van der Waals surface area contributed by atoms with E-state index in [1.807, 2.05) is 19.1 Å². The smallest absolute Gasteiger partial charge is 0.326 e. The number of halogens is 1. The standard InChI is InChI=1S/C16H18FN3O3/c1-11-7-8-12(23-11)9-20(2)10-15(21)19-16(22)18-14-6-4-3-5-13(14)17/h3-8H,9-10H2,1-2H3,(H2,18,19,21,22). The third-order valence-electron chi connectivity index (χ3n) is 3.01. The highest BCUT2D eigenvalue weighted by atomic mass is 19.1. The molecule has 23 heavy (non-hydrogen) atoms. The highest BCUT2D eigenvalue weighted by molar-refractivity contribution is 6.01. The summed E-state index contributed by atoms with van der Waals surface area (Å²) in [4.78, 5) is 25.2. The Balaban J connectivity index is 1.79. The van der Waals surface area contributed by atoms with Crippen LogP contribution in [0, 0.1) is 12.7 Å². The van der Waals surface area contributed by atoms with E-state index in [2.05, 4.69) is 10.6 Å². The zero-order chi connectivity index (χ0) is 16.8. The second kappa shape index (κ2) is 7.55. The molecule has 0 saturated heterocycles. The Labute approximate surface area is 133 Å². The fraction of sp³-hybridized carbons (Fsp3) is 0.250. The maximum absolute atomic E-state index is 13.4. The van der Waals surface area contributed by atoms with Crippen LogP contribution in [0.4, 0.5) is 14.9 Å². The third-order valence-corrected chi connectivity index (χ3v) is 3.01. The normalized spacial score (nSPS) is 10.6. The van der Waals surface area contributed by atoms with Crippen LogP contribution < -0.4 is 10.6 Å². The maximum atomic E-state index is 13.4. The molecule has 1 heterocycles. The van der Waals surface area contributed by atoms with E-state index in [9.17, 15) is 14.0 Å². The van der Waals surface area contributed by atoms with Gasteiger partial charge in [-0.3, -0.25) is 15.0 Å². The number of aryl methyl sites for hydroxylation is 1. The topological polar surface area (TPSA) is 74.6 Å². The minimum Gasteiger partial charge on any atom is -0.465 e. The monoisotopic (exact) mass is 319 g/mol. The Kier molecular flexibility index (Phi) is 5.48. The first kappa shape index (κ1) is 16.7. The fourth-order valence-electron chi connectivity index (χ4n) is 2.02. The van der Waals surface area contributed by atoms with Gasteiger partial charge in [0.25, 0.3) is 0 Å². The van der Waals surface area contributed by atoms with Crippen molar-refractivity contribution in [1.82, 2.24) is 10.2 Å². The fourth-order valence-corrected chi connectivity index (χ4v) is 2.02. The van der Waals surface area contributed by atoms with Gasteiger partial charge in [0.1, 0.15) is 17.3 Å². The molecule has 3 amide bonds. The van der Waals surface area contributed by atoms with Gasteiger partial charge < -0.3 is 9.73 Å². The molecule has 0 spiro atoms. The molecule has 6 nitrogen and oxygen atoms in total. The summed E-state index contributed by atoms with van der Waals surface area (Å²) in [5, 5.41) is 4.43. The number of nitrogens with zero attached hydrogens (tertiary/aromatic N) is 1. The van der Waals surface area contributed by atoms with E-state index in [1.54, 1.807) is 18.0 Å². The summed E-state index contributed by atoms with van der Waals surface area (Å²) < 4.78 is 18.8. The number of rotatable bonds is 5. The van der Waals surface area contributed by atoms with Crippen molar-refractivity contribution in [3.05, 3.63) is 53.7 Å². The van der Waals surface area contributed by atoms with Crippen LogP contribution in [-0.2, 0) is 11.3 Å². The van der Waals surface area contributed by atoms with E-state index in [1.165, 1.54) is 18.2 Å². The molecule has 0 aliphatic rings. The number of hydrogen-bond acceptors (Lipinski definition) is 4. The number of furan rings is 1. The Bertz CT molecular complexity index is 699. The Morgan fingerprint density at radius 3 is 2.61 bits per heavy atom. The predicted molar refractivity (Wildman–Crippen MR) is 83.3 cm³/mol. The number of likely N-dealkylation sites (N-methyl/N-ethyl adjacent to an activating group) is 1. The molecule has 0 aliphatic carbocycles. The van der Waals surface area contributed by atoms with Crippen molar-refractivity contribution in [3.8, 4) is 0 Å². The zero-order valence-corrected chi connectivity index (χ0v) is 12.9. The SMILES string of the molecule is Cc1ccc(CN(C)CC(=O)NC(=O)Nc2ccccc2F)o1. The van der Waals surface area contributed by atoms with E-state index >= 15 is 0 Å². The number of benzene rings is 1. The van der Waals surface area contributed by atoms with E-state index < -0.39 is 17.8 Å². The summed E-state index contributed by atoms with van der Waals surface area (Å²) in [7, 11) is 1.73. The summed E-state index contributed by atoms with van der Waals surface area (Å²) in [6.45, 7) is 2.28. The lowest BCUT2D eigenvalue weighted by Gasteiger charge is -2.14. The van der Waals surface area contributed by atoms with Gasteiger partial charge in [-0.2, -0.15) is 0 Å². The van der Waals surface area contributed by atoms with Crippen LogP contribution in [0.15, 0.2) is 40.8 Å². The second-order valence-electron chi connectivity index (χ2n) is 5.17. The van der Waals surface area contributed by atoms with Crippen molar-refractivity contribution < 1.29 is 18.4 Å². The molecule has 122 valence electrons. The molecule has 0 unspecified atom stereocenters. The van der Waals surface area contributed by atoms with Gasteiger partial charge in [-0.1, -0.05) is 12.1 Å². The molecular formula is C16H18FN3O3. The van der Waals surface area contributed by atoms with Crippen molar-refractivity contribution >= 4 is 17.6 Å². The molecule has 7 heteroatoms. The molecule has 0 saturated carbocycles. The Morgan fingerprint density at radius 1 is 1.22 bits per heavy atom. The van der Waals surface area contributed by atoms with Crippen molar-refractivity contribution in [2.24, 2.45) is 0 Å². The minimum absolute atomic E-state index is 0.00440. The Hall–Kier alpha value is -2.67. The summed E-state index contributed by atoms with van der Waals surface area (Å²) in [6, 6.07) is 8.61. The lowest BCUT2D eigenvalue weighted by Crippen LogP contribution is -2.40. The largest absolute Gasteiger partial charge is 0.465 e. The molecule has 2 N–H and O–H groups in total. The highest BCUT2D eigenvalue weighted by Gasteiger charge is 2.13. The van der Waals surface area contributed by atoms with E-state index in [0.717, 1.165) is 11.5 Å². The van der Waals surface area contributed by atoms with Crippen LogP contribution in [0.25, 0.3) is 0 Å². The maximum Gasteiger partial charge on any atom is 0.326 e. The summed E-state index contributed by atoms with van der Waals surface area (Å²) in [6.07, 6.45) is 0. The van der Waals surface area contributed by atoms with E-state index in [0.29, 0.717) is 6.54 Å². The first-order chi connectivity index (χ1) is 10.9. The van der Waals surface area contributed by atoms with Gasteiger partial charge in [-0.25, -0.2) is 9.18 Å². The van der Waals surface area contributed by atoms with Gasteiger partial charge in [0.2, 0.25) is 5.91 Å². The number of carbonyl (C=O) groups is 2. The number of carbonyl (C=O) groups excluding carboxylic acids is 2. The zero-order valence-electron chi connectivity index (χ0n) is 12.9. The van der Waals surface area contributed by atoms with Gasteiger partial charge in [-0.15, -0.1) is 0 Å². The minimum atomic E-state index is -0.776. The molecule has 2 rings (SSSR count). The van der Waals surface area contributed by atoms with Crippen molar-refractivity contribution in [2.75, 3.05) is 18.9 Å². The van der Waals surface area contributed by atoms with Crippen LogP contribution in [0.5, 0.6) is 0 Å². The van der Waals surface area contributed by atoms with E-state index in [4.69, 9.17) is 4.42 Å². The molecule has 0 atom stereocenters. The van der Waals surface area contributed by atoms with Crippen LogP contribution in [0.1, 0.15) is 11.5 Å². The van der Waals surface area contributed by atoms with Gasteiger partial charge in [-0.05, 0) is 38.2 Å². The molecule has 0 bridgehead atoms. The van der Waals surface area contributed by atoms with Crippen LogP contribution in [-0.4, -0.2) is 30.4 Å². The molecule has 1 aromatic carbocycles. The van der Waals surface area contributed by atoms with Crippen molar-refractivity contribution in [2.45, 2.75) is 13.5 Å². The molecule has 2 aromatic rings. The van der Waals surface area contributed by atoms with Crippen LogP contribution in [0.2, 0.25) is 0 Å². The molecular weight excluding hydrogens is 301 g/mol. The second-order valence-corrected chi connectivity index (χ2v) is 5.17.